The molecule has 5 heteroatoms. The maximum absolute atomic E-state index is 12.1. The van der Waals surface area contributed by atoms with Gasteiger partial charge in [-0.1, -0.05) is 19.1 Å². The Labute approximate surface area is 118 Å². The lowest BCUT2D eigenvalue weighted by molar-refractivity contribution is 0.414. The Morgan fingerprint density at radius 1 is 1.20 bits per heavy atom. The summed E-state index contributed by atoms with van der Waals surface area (Å²) in [5.74, 6) is 0.798. The number of methoxy groups -OCH3 is 1. The van der Waals surface area contributed by atoms with Crippen LogP contribution >= 0.6 is 0 Å². The highest BCUT2D eigenvalue weighted by Crippen LogP contribution is 2.16. The first-order valence-electron chi connectivity index (χ1n) is 6.80. The van der Waals surface area contributed by atoms with Gasteiger partial charge in [-0.2, -0.15) is 0 Å². The summed E-state index contributed by atoms with van der Waals surface area (Å²) in [6.45, 7) is 3.26. The minimum atomic E-state index is -0.212. The monoisotopic (exact) mass is 275 g/mol. The molecule has 1 unspecified atom stereocenters. The average Bonchev–Trinajstić information content (AvgIpc) is 2.81. The van der Waals surface area contributed by atoms with Gasteiger partial charge in [0.25, 0.3) is 0 Å². The summed E-state index contributed by atoms with van der Waals surface area (Å²) < 4.78 is 8.48. The second kappa shape index (κ2) is 6.43. The van der Waals surface area contributed by atoms with Crippen molar-refractivity contribution in [3.63, 3.8) is 0 Å². The van der Waals surface area contributed by atoms with Crippen LogP contribution < -0.4 is 16.2 Å². The molecule has 1 atom stereocenters. The second-order valence-electron chi connectivity index (χ2n) is 4.81. The number of hydrogen-bond donors (Lipinski definition) is 1. The highest BCUT2D eigenvalue weighted by molar-refractivity contribution is 5.28. The number of aryl methyl sites for hydroxylation is 1. The number of rotatable bonds is 6. The van der Waals surface area contributed by atoms with Gasteiger partial charge in [0, 0.05) is 31.5 Å². The Morgan fingerprint density at radius 2 is 1.85 bits per heavy atom. The first-order chi connectivity index (χ1) is 9.65. The van der Waals surface area contributed by atoms with Crippen molar-refractivity contribution in [2.75, 3.05) is 7.11 Å². The molecule has 0 aliphatic heterocycles. The molecular weight excluding hydrogens is 254 g/mol. The number of nitrogens with zero attached hydrogens (tertiary/aromatic N) is 2. The maximum atomic E-state index is 12.1. The third-order valence-electron chi connectivity index (χ3n) is 3.32. The molecule has 0 fully saturated rings. The van der Waals surface area contributed by atoms with Gasteiger partial charge >= 0.3 is 5.69 Å². The molecule has 0 aliphatic carbocycles. The third-order valence-corrected chi connectivity index (χ3v) is 3.32. The summed E-state index contributed by atoms with van der Waals surface area (Å²) in [5, 5.41) is 0. The van der Waals surface area contributed by atoms with Crippen LogP contribution in [-0.2, 0) is 13.1 Å². The maximum Gasteiger partial charge on any atom is 0.328 e. The number of imidazole rings is 1. The van der Waals surface area contributed by atoms with Crippen molar-refractivity contribution in [1.82, 2.24) is 9.13 Å². The van der Waals surface area contributed by atoms with Gasteiger partial charge in [0.2, 0.25) is 0 Å². The highest BCUT2D eigenvalue weighted by atomic mass is 16.5. The van der Waals surface area contributed by atoms with Crippen molar-refractivity contribution in [3.05, 3.63) is 52.7 Å². The average molecular weight is 275 g/mol. The smallest absolute Gasteiger partial charge is 0.328 e. The first-order valence-corrected chi connectivity index (χ1v) is 6.80. The van der Waals surface area contributed by atoms with Crippen molar-refractivity contribution in [2.45, 2.75) is 32.5 Å². The zero-order chi connectivity index (χ0) is 14.5. The minimum absolute atomic E-state index is 0.00388. The lowest BCUT2D eigenvalue weighted by Gasteiger charge is -2.12. The van der Waals surface area contributed by atoms with E-state index >= 15 is 0 Å². The van der Waals surface area contributed by atoms with Gasteiger partial charge in [-0.05, 0) is 24.1 Å². The van der Waals surface area contributed by atoms with Crippen LogP contribution in [-0.4, -0.2) is 16.2 Å². The molecule has 0 saturated carbocycles. The summed E-state index contributed by atoms with van der Waals surface area (Å²) >= 11 is 0. The molecule has 2 aromatic rings. The summed E-state index contributed by atoms with van der Waals surface area (Å²) in [6, 6.07) is 7.39. The van der Waals surface area contributed by atoms with Crippen LogP contribution in [0.1, 0.15) is 24.9 Å². The fourth-order valence-electron chi connectivity index (χ4n) is 2.17. The van der Waals surface area contributed by atoms with Gasteiger partial charge in [0.05, 0.1) is 7.11 Å². The molecule has 20 heavy (non-hydrogen) atoms. The Hall–Kier alpha value is -2.01. The van der Waals surface area contributed by atoms with Crippen molar-refractivity contribution < 1.29 is 4.74 Å². The molecule has 0 aliphatic rings. The lowest BCUT2D eigenvalue weighted by Crippen LogP contribution is -2.28. The van der Waals surface area contributed by atoms with E-state index in [2.05, 4.69) is 0 Å². The van der Waals surface area contributed by atoms with E-state index in [1.165, 1.54) is 0 Å². The molecule has 2 N–H and O–H groups in total. The van der Waals surface area contributed by atoms with Gasteiger partial charge in [-0.25, -0.2) is 4.79 Å². The van der Waals surface area contributed by atoms with Crippen LogP contribution in [0.2, 0.25) is 0 Å². The highest BCUT2D eigenvalue weighted by Gasteiger charge is 2.10. The van der Waals surface area contributed by atoms with E-state index < -0.39 is 0 Å². The quantitative estimate of drug-likeness (QED) is 0.874. The fourth-order valence-corrected chi connectivity index (χ4v) is 2.17. The van der Waals surface area contributed by atoms with Gasteiger partial charge in [0.15, 0.2) is 0 Å². The molecular formula is C15H21N3O2. The normalized spacial score (nSPS) is 12.3. The Balaban J connectivity index is 2.10. The SMILES string of the molecule is CCCn1ccn(CC(N)c2ccc(OC)cc2)c1=O. The topological polar surface area (TPSA) is 62.2 Å². The minimum Gasteiger partial charge on any atom is -0.497 e. The van der Waals surface area contributed by atoms with E-state index in [-0.39, 0.29) is 11.7 Å². The van der Waals surface area contributed by atoms with Crippen molar-refractivity contribution in [1.29, 1.82) is 0 Å². The van der Waals surface area contributed by atoms with Crippen molar-refractivity contribution >= 4 is 0 Å². The predicted molar refractivity (Wildman–Crippen MR) is 78.9 cm³/mol. The number of benzene rings is 1. The molecule has 0 radical (unpaired) electrons. The molecule has 0 saturated heterocycles. The number of nitrogens with two attached hydrogens (primary N) is 1. The molecule has 0 amide bonds. The molecule has 5 nitrogen and oxygen atoms in total. The van der Waals surface area contributed by atoms with Crippen molar-refractivity contribution in [3.8, 4) is 5.75 Å². The van der Waals surface area contributed by atoms with Crippen LogP contribution in [0.25, 0.3) is 0 Å². The van der Waals surface area contributed by atoms with E-state index in [4.69, 9.17) is 10.5 Å². The summed E-state index contributed by atoms with van der Waals surface area (Å²) in [6.07, 6.45) is 4.54. The molecule has 108 valence electrons. The van der Waals surface area contributed by atoms with Crippen LogP contribution in [0.15, 0.2) is 41.5 Å². The van der Waals surface area contributed by atoms with E-state index in [1.807, 2.05) is 37.4 Å². The van der Waals surface area contributed by atoms with E-state index in [9.17, 15) is 4.79 Å². The molecule has 0 spiro atoms. The van der Waals surface area contributed by atoms with Crippen molar-refractivity contribution in [2.24, 2.45) is 5.73 Å². The van der Waals surface area contributed by atoms with E-state index in [0.717, 1.165) is 24.3 Å². The van der Waals surface area contributed by atoms with E-state index in [1.54, 1.807) is 22.4 Å². The summed E-state index contributed by atoms with van der Waals surface area (Å²) in [7, 11) is 1.63. The lowest BCUT2D eigenvalue weighted by atomic mass is 10.1. The zero-order valence-corrected chi connectivity index (χ0v) is 12.0. The van der Waals surface area contributed by atoms with Gasteiger partial charge in [-0.3, -0.25) is 9.13 Å². The number of ether oxygens (including phenoxy) is 1. The third kappa shape index (κ3) is 3.11. The fraction of sp³-hybridized carbons (Fsp3) is 0.400. The Morgan fingerprint density at radius 3 is 2.45 bits per heavy atom. The van der Waals surface area contributed by atoms with Crippen LogP contribution in [0, 0.1) is 0 Å². The molecule has 2 rings (SSSR count). The molecule has 1 aromatic carbocycles. The zero-order valence-electron chi connectivity index (χ0n) is 12.0. The van der Waals surface area contributed by atoms with Gasteiger partial charge in [-0.15, -0.1) is 0 Å². The van der Waals surface area contributed by atoms with E-state index in [0.29, 0.717) is 6.54 Å². The van der Waals surface area contributed by atoms with Crippen LogP contribution in [0.3, 0.4) is 0 Å². The second-order valence-corrected chi connectivity index (χ2v) is 4.81. The summed E-state index contributed by atoms with van der Waals surface area (Å²) in [5.41, 5.74) is 7.14. The molecule has 1 heterocycles. The summed E-state index contributed by atoms with van der Waals surface area (Å²) in [4.78, 5) is 12.1. The predicted octanol–water partition coefficient (Wildman–Crippen LogP) is 1.77. The molecule has 0 bridgehead atoms. The standard InChI is InChI=1S/C15H21N3O2/c1-3-8-17-9-10-18(15(17)19)11-14(16)12-4-6-13(20-2)7-5-12/h4-7,9-10,14H,3,8,11,16H2,1-2H3. The van der Waals surface area contributed by atoms with Crippen LogP contribution in [0.4, 0.5) is 0 Å². The Bertz CT molecular complexity index is 598. The Kier molecular flexibility index (Phi) is 4.63. The van der Waals surface area contributed by atoms with Crippen LogP contribution in [0.5, 0.6) is 5.75 Å². The van der Waals surface area contributed by atoms with Gasteiger partial charge < -0.3 is 10.5 Å². The number of aromatic nitrogens is 2. The first kappa shape index (κ1) is 14.4. The largest absolute Gasteiger partial charge is 0.497 e. The van der Waals surface area contributed by atoms with Gasteiger partial charge in [0.1, 0.15) is 5.75 Å². The number of hydrogen-bond acceptors (Lipinski definition) is 3. The molecule has 1 aromatic heterocycles.